The zero-order chi connectivity index (χ0) is 13.7. The van der Waals surface area contributed by atoms with E-state index in [1.165, 1.54) is 0 Å². The molecule has 0 saturated carbocycles. The van der Waals surface area contributed by atoms with Gasteiger partial charge in [0, 0.05) is 10.0 Å². The smallest absolute Gasteiger partial charge is 0.198 e. The number of ether oxygens (including phenoxy) is 1. The lowest BCUT2D eigenvalue weighted by atomic mass is 9.79. The molecule has 2 nitrogen and oxygen atoms in total. The summed E-state index contributed by atoms with van der Waals surface area (Å²) < 4.78 is 6.91. The summed E-state index contributed by atoms with van der Waals surface area (Å²) >= 11 is 3.55. The van der Waals surface area contributed by atoms with Gasteiger partial charge in [-0.2, -0.15) is 0 Å². The summed E-state index contributed by atoms with van der Waals surface area (Å²) in [5.74, 6) is 0.139. The van der Waals surface area contributed by atoms with E-state index in [-0.39, 0.29) is 11.9 Å². The number of hydrogen-bond acceptors (Lipinski definition) is 2. The van der Waals surface area contributed by atoms with Crippen molar-refractivity contribution in [2.45, 2.75) is 24.5 Å². The third kappa shape index (κ3) is 1.63. The molecule has 2 atom stereocenters. The van der Waals surface area contributed by atoms with Gasteiger partial charge in [-0.25, -0.2) is 0 Å². The van der Waals surface area contributed by atoms with E-state index in [0.717, 1.165) is 34.0 Å². The van der Waals surface area contributed by atoms with Gasteiger partial charge >= 0.3 is 0 Å². The molecule has 0 aromatic heterocycles. The first-order chi connectivity index (χ1) is 9.72. The van der Waals surface area contributed by atoms with Gasteiger partial charge in [-0.3, -0.25) is 4.79 Å². The maximum Gasteiger partial charge on any atom is 0.198 e. The molecule has 0 bridgehead atoms. The van der Waals surface area contributed by atoms with Crippen LogP contribution in [0.4, 0.5) is 0 Å². The number of epoxide rings is 1. The molecular weight excluding hydrogens is 316 g/mol. The van der Waals surface area contributed by atoms with E-state index in [1.54, 1.807) is 0 Å². The topological polar surface area (TPSA) is 29.6 Å². The highest BCUT2D eigenvalue weighted by Crippen LogP contribution is 2.57. The molecule has 0 N–H and O–H groups in total. The van der Waals surface area contributed by atoms with Gasteiger partial charge in [-0.15, -0.1) is 0 Å². The van der Waals surface area contributed by atoms with Crippen molar-refractivity contribution in [1.29, 1.82) is 0 Å². The fraction of sp³-hybridized carbons (Fsp3) is 0.235. The standard InChI is InChI=1S/C17H13BrO2/c18-14-8-4-3-7-13(14)16-17(20-16)10-9-11-5-1-2-6-12(11)15(17)19/h1-8,16H,9-10H2. The molecule has 1 saturated heterocycles. The Labute approximate surface area is 125 Å². The highest BCUT2D eigenvalue weighted by atomic mass is 79.9. The predicted molar refractivity (Wildman–Crippen MR) is 79.8 cm³/mol. The van der Waals surface area contributed by atoms with Crippen LogP contribution in [-0.2, 0) is 11.2 Å². The number of halogens is 1. The molecule has 1 fully saturated rings. The van der Waals surface area contributed by atoms with Crippen molar-refractivity contribution in [1.82, 2.24) is 0 Å². The summed E-state index contributed by atoms with van der Waals surface area (Å²) in [4.78, 5) is 12.8. The van der Waals surface area contributed by atoms with Crippen LogP contribution in [0.3, 0.4) is 0 Å². The molecule has 0 amide bonds. The summed E-state index contributed by atoms with van der Waals surface area (Å²) in [6.07, 6.45) is 1.57. The van der Waals surface area contributed by atoms with Crippen molar-refractivity contribution < 1.29 is 9.53 Å². The number of carbonyl (C=O) groups excluding carboxylic acids is 1. The van der Waals surface area contributed by atoms with Crippen molar-refractivity contribution in [2.24, 2.45) is 0 Å². The summed E-state index contributed by atoms with van der Waals surface area (Å²) in [5.41, 5.74) is 2.41. The monoisotopic (exact) mass is 328 g/mol. The Kier molecular flexibility index (Phi) is 2.63. The van der Waals surface area contributed by atoms with Gasteiger partial charge in [0.1, 0.15) is 6.10 Å². The number of benzene rings is 2. The van der Waals surface area contributed by atoms with Crippen LogP contribution >= 0.6 is 15.9 Å². The Morgan fingerprint density at radius 2 is 1.85 bits per heavy atom. The van der Waals surface area contributed by atoms with E-state index in [9.17, 15) is 4.79 Å². The Bertz CT molecular complexity index is 710. The molecule has 2 unspecified atom stereocenters. The first-order valence-corrected chi connectivity index (χ1v) is 7.57. The lowest BCUT2D eigenvalue weighted by molar-refractivity contribution is 0.0850. The Morgan fingerprint density at radius 1 is 1.10 bits per heavy atom. The van der Waals surface area contributed by atoms with Gasteiger partial charge in [0.15, 0.2) is 11.4 Å². The van der Waals surface area contributed by atoms with Crippen LogP contribution in [-0.4, -0.2) is 11.4 Å². The molecule has 2 aromatic rings. The summed E-state index contributed by atoms with van der Waals surface area (Å²) in [7, 11) is 0. The number of Topliss-reactive ketones (excluding diaryl/α,β-unsaturated/α-hetero) is 1. The largest absolute Gasteiger partial charge is 0.352 e. The Hall–Kier alpha value is -1.45. The molecule has 2 aliphatic rings. The minimum Gasteiger partial charge on any atom is -0.352 e. The van der Waals surface area contributed by atoms with Crippen LogP contribution in [0.15, 0.2) is 53.0 Å². The second kappa shape index (κ2) is 4.27. The second-order valence-electron chi connectivity index (χ2n) is 5.40. The van der Waals surface area contributed by atoms with Crippen LogP contribution in [0, 0.1) is 0 Å². The molecule has 1 aliphatic heterocycles. The highest BCUT2D eigenvalue weighted by molar-refractivity contribution is 9.10. The number of rotatable bonds is 1. The van der Waals surface area contributed by atoms with Gasteiger partial charge < -0.3 is 4.74 Å². The average molecular weight is 329 g/mol. The number of fused-ring (bicyclic) bond motifs is 1. The van der Waals surface area contributed by atoms with E-state index < -0.39 is 5.60 Å². The van der Waals surface area contributed by atoms with Crippen LogP contribution in [0.1, 0.15) is 34.0 Å². The Balaban J connectivity index is 1.73. The van der Waals surface area contributed by atoms with E-state index in [1.807, 2.05) is 48.5 Å². The van der Waals surface area contributed by atoms with Gasteiger partial charge in [0.2, 0.25) is 0 Å². The second-order valence-corrected chi connectivity index (χ2v) is 6.25. The number of aryl methyl sites for hydroxylation is 1. The van der Waals surface area contributed by atoms with Gasteiger partial charge in [-0.1, -0.05) is 58.4 Å². The van der Waals surface area contributed by atoms with E-state index in [4.69, 9.17) is 4.74 Å². The van der Waals surface area contributed by atoms with E-state index in [2.05, 4.69) is 15.9 Å². The number of ketones is 1. The summed E-state index contributed by atoms with van der Waals surface area (Å²) in [6, 6.07) is 15.8. The third-order valence-electron chi connectivity index (χ3n) is 4.29. The summed E-state index contributed by atoms with van der Waals surface area (Å²) in [5, 5.41) is 0. The molecule has 3 heteroatoms. The maximum absolute atomic E-state index is 12.8. The fourth-order valence-corrected chi connectivity index (χ4v) is 3.66. The highest BCUT2D eigenvalue weighted by Gasteiger charge is 2.64. The fourth-order valence-electron chi connectivity index (χ4n) is 3.16. The first-order valence-electron chi connectivity index (χ1n) is 6.77. The van der Waals surface area contributed by atoms with Crippen molar-refractivity contribution >= 4 is 21.7 Å². The van der Waals surface area contributed by atoms with E-state index in [0.29, 0.717) is 0 Å². The zero-order valence-corrected chi connectivity index (χ0v) is 12.4. The predicted octanol–water partition coefficient (Wildman–Crippen LogP) is 4.09. The van der Waals surface area contributed by atoms with Crippen molar-refractivity contribution in [3.8, 4) is 0 Å². The van der Waals surface area contributed by atoms with Gasteiger partial charge in [0.05, 0.1) is 0 Å². The van der Waals surface area contributed by atoms with Crippen LogP contribution in [0.2, 0.25) is 0 Å². The van der Waals surface area contributed by atoms with Crippen molar-refractivity contribution in [3.05, 3.63) is 69.7 Å². The van der Waals surface area contributed by atoms with Crippen molar-refractivity contribution in [3.63, 3.8) is 0 Å². The van der Waals surface area contributed by atoms with Crippen LogP contribution < -0.4 is 0 Å². The molecule has 20 heavy (non-hydrogen) atoms. The lowest BCUT2D eigenvalue weighted by Crippen LogP contribution is -2.31. The number of hydrogen-bond donors (Lipinski definition) is 0. The molecule has 1 aliphatic carbocycles. The quantitative estimate of drug-likeness (QED) is 0.738. The molecule has 1 spiro atoms. The van der Waals surface area contributed by atoms with Gasteiger partial charge in [-0.05, 0) is 30.0 Å². The normalized spacial score (nSPS) is 27.4. The van der Waals surface area contributed by atoms with Crippen molar-refractivity contribution in [2.75, 3.05) is 0 Å². The number of carbonyl (C=O) groups is 1. The zero-order valence-electron chi connectivity index (χ0n) is 10.8. The Morgan fingerprint density at radius 3 is 2.70 bits per heavy atom. The first kappa shape index (κ1) is 12.3. The minimum absolute atomic E-state index is 0.112. The van der Waals surface area contributed by atoms with E-state index >= 15 is 0 Å². The SMILES string of the molecule is O=C1c2ccccc2CCC12OC2c1ccccc1Br. The van der Waals surface area contributed by atoms with Crippen LogP contribution in [0.25, 0.3) is 0 Å². The average Bonchev–Trinajstić information content (AvgIpc) is 3.19. The maximum atomic E-state index is 12.8. The lowest BCUT2D eigenvalue weighted by Gasteiger charge is -2.21. The minimum atomic E-state index is -0.627. The molecule has 100 valence electrons. The molecule has 4 rings (SSSR count). The molecule has 2 aromatic carbocycles. The van der Waals surface area contributed by atoms with Crippen LogP contribution in [0.5, 0.6) is 0 Å². The molecule has 0 radical (unpaired) electrons. The van der Waals surface area contributed by atoms with Gasteiger partial charge in [0.25, 0.3) is 0 Å². The third-order valence-corrected chi connectivity index (χ3v) is 5.02. The molecule has 1 heterocycles. The molecular formula is C17H13BrO2. The summed E-state index contributed by atoms with van der Waals surface area (Å²) in [6.45, 7) is 0.